The Bertz CT molecular complexity index is 419. The zero-order valence-electron chi connectivity index (χ0n) is 11.5. The molecular formula is C15H21ClFNO. The van der Waals surface area contributed by atoms with Crippen LogP contribution in [-0.2, 0) is 0 Å². The normalized spacial score (nSPS) is 20.8. The summed E-state index contributed by atoms with van der Waals surface area (Å²) in [7, 11) is 0. The van der Waals surface area contributed by atoms with Crippen molar-refractivity contribution in [2.45, 2.75) is 32.8 Å². The zero-order chi connectivity index (χ0) is 13.8. The first kappa shape index (κ1) is 14.6. The first-order valence-electron chi connectivity index (χ1n) is 6.88. The molecule has 1 saturated heterocycles. The van der Waals surface area contributed by atoms with Gasteiger partial charge >= 0.3 is 0 Å². The van der Waals surface area contributed by atoms with Crippen LogP contribution in [0.25, 0.3) is 0 Å². The Morgan fingerprint density at radius 2 is 2.26 bits per heavy atom. The third-order valence-electron chi connectivity index (χ3n) is 3.51. The van der Waals surface area contributed by atoms with E-state index in [9.17, 15) is 4.39 Å². The molecule has 0 amide bonds. The van der Waals surface area contributed by atoms with Crippen molar-refractivity contribution in [2.75, 3.05) is 13.1 Å². The molecule has 1 aromatic carbocycles. The van der Waals surface area contributed by atoms with Crippen LogP contribution in [0.3, 0.4) is 0 Å². The van der Waals surface area contributed by atoms with Crippen molar-refractivity contribution in [1.82, 2.24) is 5.32 Å². The van der Waals surface area contributed by atoms with Crippen molar-refractivity contribution >= 4 is 11.6 Å². The monoisotopic (exact) mass is 285 g/mol. The highest BCUT2D eigenvalue weighted by atomic mass is 35.5. The van der Waals surface area contributed by atoms with Gasteiger partial charge in [-0.15, -0.1) is 0 Å². The van der Waals surface area contributed by atoms with Crippen LogP contribution >= 0.6 is 11.6 Å². The molecule has 1 aliphatic rings. The molecule has 106 valence electrons. The largest absolute Gasteiger partial charge is 0.490 e. The fourth-order valence-corrected chi connectivity index (χ4v) is 2.64. The number of hydrogen-bond donors (Lipinski definition) is 1. The van der Waals surface area contributed by atoms with Crippen LogP contribution in [0.2, 0.25) is 5.02 Å². The van der Waals surface area contributed by atoms with Gasteiger partial charge in [0.2, 0.25) is 0 Å². The van der Waals surface area contributed by atoms with Crippen LogP contribution in [0.15, 0.2) is 18.2 Å². The third-order valence-corrected chi connectivity index (χ3v) is 3.81. The first-order chi connectivity index (χ1) is 9.06. The zero-order valence-corrected chi connectivity index (χ0v) is 12.2. The minimum atomic E-state index is -0.424. The predicted octanol–water partition coefficient (Wildman–Crippen LogP) is 3.88. The van der Waals surface area contributed by atoms with Crippen LogP contribution in [0, 0.1) is 17.7 Å². The molecule has 0 saturated carbocycles. The molecule has 2 atom stereocenters. The number of hydrogen-bond acceptors (Lipinski definition) is 2. The Labute approximate surface area is 119 Å². The topological polar surface area (TPSA) is 21.3 Å². The molecule has 0 aromatic heterocycles. The Hall–Kier alpha value is -0.800. The second-order valence-corrected chi connectivity index (χ2v) is 6.02. The van der Waals surface area contributed by atoms with Gasteiger partial charge in [0, 0.05) is 18.5 Å². The van der Waals surface area contributed by atoms with Crippen LogP contribution in [0.4, 0.5) is 4.39 Å². The van der Waals surface area contributed by atoms with Gasteiger partial charge in [0.15, 0.2) is 0 Å². The minimum Gasteiger partial charge on any atom is -0.490 e. The van der Waals surface area contributed by atoms with Gasteiger partial charge in [-0.1, -0.05) is 25.4 Å². The lowest BCUT2D eigenvalue weighted by Crippen LogP contribution is -2.30. The molecule has 2 nitrogen and oxygen atoms in total. The second kappa shape index (κ2) is 6.58. The number of ether oxygens (including phenoxy) is 1. The Morgan fingerprint density at radius 1 is 1.47 bits per heavy atom. The third kappa shape index (κ3) is 4.08. The fourth-order valence-electron chi connectivity index (χ4n) is 2.52. The van der Waals surface area contributed by atoms with Gasteiger partial charge < -0.3 is 10.1 Å². The van der Waals surface area contributed by atoms with Crippen molar-refractivity contribution < 1.29 is 9.13 Å². The number of benzene rings is 1. The summed E-state index contributed by atoms with van der Waals surface area (Å²) in [6.07, 6.45) is 2.24. The molecule has 19 heavy (non-hydrogen) atoms. The fraction of sp³-hybridized carbons (Fsp3) is 0.600. The van der Waals surface area contributed by atoms with Crippen LogP contribution in [0.1, 0.15) is 26.7 Å². The average Bonchev–Trinajstić information content (AvgIpc) is 2.86. The van der Waals surface area contributed by atoms with Gasteiger partial charge in [0.05, 0.1) is 5.02 Å². The van der Waals surface area contributed by atoms with E-state index in [0.717, 1.165) is 25.9 Å². The molecule has 1 aromatic rings. The molecule has 1 aliphatic heterocycles. The molecule has 1 heterocycles. The molecule has 0 aliphatic carbocycles. The van der Waals surface area contributed by atoms with E-state index < -0.39 is 5.82 Å². The van der Waals surface area contributed by atoms with E-state index in [-0.39, 0.29) is 11.1 Å². The summed E-state index contributed by atoms with van der Waals surface area (Å²) < 4.78 is 19.5. The standard InChI is InChI=1S/C15H21ClFNO/c1-10(2)7-15(11-5-6-18-9-11)19-12-3-4-13(16)14(17)8-12/h3-4,8,10-11,15,18H,5-7,9H2,1-2H3/t11-,15-/m0/s1. The van der Waals surface area contributed by atoms with Gasteiger partial charge in [-0.25, -0.2) is 4.39 Å². The summed E-state index contributed by atoms with van der Waals surface area (Å²) >= 11 is 5.69. The quantitative estimate of drug-likeness (QED) is 0.886. The minimum absolute atomic E-state index is 0.135. The maximum atomic E-state index is 13.4. The van der Waals surface area contributed by atoms with E-state index in [1.165, 1.54) is 6.07 Å². The molecule has 1 N–H and O–H groups in total. The number of rotatable bonds is 5. The molecule has 0 spiro atoms. The van der Waals surface area contributed by atoms with Gasteiger partial charge in [-0.3, -0.25) is 0 Å². The second-order valence-electron chi connectivity index (χ2n) is 5.61. The van der Waals surface area contributed by atoms with E-state index >= 15 is 0 Å². The summed E-state index contributed by atoms with van der Waals surface area (Å²) in [6, 6.07) is 4.66. The van der Waals surface area contributed by atoms with E-state index in [2.05, 4.69) is 19.2 Å². The highest BCUT2D eigenvalue weighted by molar-refractivity contribution is 6.30. The molecular weight excluding hydrogens is 265 g/mol. The van der Waals surface area contributed by atoms with Gasteiger partial charge in [0.1, 0.15) is 17.7 Å². The average molecular weight is 286 g/mol. The Morgan fingerprint density at radius 3 is 2.84 bits per heavy atom. The highest BCUT2D eigenvalue weighted by Crippen LogP contribution is 2.27. The molecule has 4 heteroatoms. The van der Waals surface area contributed by atoms with Crippen molar-refractivity contribution in [3.8, 4) is 5.75 Å². The van der Waals surface area contributed by atoms with Gasteiger partial charge in [0.25, 0.3) is 0 Å². The summed E-state index contributed by atoms with van der Waals surface area (Å²) in [5.41, 5.74) is 0. The molecule has 0 radical (unpaired) electrons. The Balaban J connectivity index is 2.07. The maximum absolute atomic E-state index is 13.4. The van der Waals surface area contributed by atoms with E-state index in [1.54, 1.807) is 12.1 Å². The molecule has 1 fully saturated rings. The van der Waals surface area contributed by atoms with Crippen LogP contribution < -0.4 is 10.1 Å². The smallest absolute Gasteiger partial charge is 0.145 e. The molecule has 0 unspecified atom stereocenters. The SMILES string of the molecule is CC(C)C[C@H](Oc1ccc(Cl)c(F)c1)[C@H]1CCNC1. The Kier molecular flexibility index (Phi) is 5.06. The van der Waals surface area contributed by atoms with E-state index in [1.807, 2.05) is 0 Å². The van der Waals surface area contributed by atoms with Crippen molar-refractivity contribution in [2.24, 2.45) is 11.8 Å². The van der Waals surface area contributed by atoms with Crippen molar-refractivity contribution in [1.29, 1.82) is 0 Å². The molecule has 2 rings (SSSR count). The highest BCUT2D eigenvalue weighted by Gasteiger charge is 2.27. The van der Waals surface area contributed by atoms with Crippen molar-refractivity contribution in [3.05, 3.63) is 29.0 Å². The van der Waals surface area contributed by atoms with Crippen LogP contribution in [0.5, 0.6) is 5.75 Å². The maximum Gasteiger partial charge on any atom is 0.145 e. The summed E-state index contributed by atoms with van der Waals surface area (Å²) in [4.78, 5) is 0. The lowest BCUT2D eigenvalue weighted by atomic mass is 9.93. The lowest BCUT2D eigenvalue weighted by Gasteiger charge is -2.26. The van der Waals surface area contributed by atoms with Crippen molar-refractivity contribution in [3.63, 3.8) is 0 Å². The van der Waals surface area contributed by atoms with Crippen LogP contribution in [-0.4, -0.2) is 19.2 Å². The molecule has 0 bridgehead atoms. The summed E-state index contributed by atoms with van der Waals surface area (Å²) in [5, 5.41) is 3.49. The number of halogens is 2. The summed E-state index contributed by atoms with van der Waals surface area (Å²) in [5.74, 6) is 1.20. The lowest BCUT2D eigenvalue weighted by molar-refractivity contribution is 0.119. The predicted molar refractivity (Wildman–Crippen MR) is 76.3 cm³/mol. The number of nitrogens with one attached hydrogen (secondary N) is 1. The first-order valence-corrected chi connectivity index (χ1v) is 7.26. The summed E-state index contributed by atoms with van der Waals surface area (Å²) in [6.45, 7) is 6.38. The van der Waals surface area contributed by atoms with Gasteiger partial charge in [-0.05, 0) is 37.4 Å². The van der Waals surface area contributed by atoms with E-state index in [0.29, 0.717) is 17.6 Å². The van der Waals surface area contributed by atoms with E-state index in [4.69, 9.17) is 16.3 Å². The van der Waals surface area contributed by atoms with Gasteiger partial charge in [-0.2, -0.15) is 0 Å².